The number of benzene rings is 1. The van der Waals surface area contributed by atoms with Crippen molar-refractivity contribution in [1.82, 2.24) is 10.2 Å². The Morgan fingerprint density at radius 2 is 2.04 bits per heavy atom. The molecule has 0 bridgehead atoms. The van der Waals surface area contributed by atoms with Gasteiger partial charge in [-0.3, -0.25) is 4.99 Å². The molecular formula is C20H31ClIN3O. The van der Waals surface area contributed by atoms with Crippen LogP contribution in [0, 0.1) is 0 Å². The summed E-state index contributed by atoms with van der Waals surface area (Å²) in [6.07, 6.45) is 4.96. The lowest BCUT2D eigenvalue weighted by molar-refractivity contribution is 0.0263. The SMILES string of the molecule is CCNC(=NCC1(c2cccc(Cl)c2)CC1)N1CCC(OCC)CC1.I. The third kappa shape index (κ3) is 5.49. The van der Waals surface area contributed by atoms with Gasteiger partial charge in [0, 0.05) is 36.7 Å². The predicted octanol–water partition coefficient (Wildman–Crippen LogP) is 4.46. The number of nitrogens with one attached hydrogen (secondary N) is 1. The summed E-state index contributed by atoms with van der Waals surface area (Å²) in [5, 5.41) is 4.29. The van der Waals surface area contributed by atoms with E-state index in [2.05, 4.69) is 36.2 Å². The second-order valence-electron chi connectivity index (χ2n) is 7.10. The van der Waals surface area contributed by atoms with Gasteiger partial charge in [0.2, 0.25) is 0 Å². The molecule has 3 rings (SSSR count). The molecule has 6 heteroatoms. The van der Waals surface area contributed by atoms with E-state index in [0.29, 0.717) is 6.10 Å². The number of hydrogen-bond donors (Lipinski definition) is 1. The van der Waals surface area contributed by atoms with Crippen molar-refractivity contribution in [3.05, 3.63) is 34.9 Å². The van der Waals surface area contributed by atoms with Crippen molar-refractivity contribution < 1.29 is 4.74 Å². The summed E-state index contributed by atoms with van der Waals surface area (Å²) < 4.78 is 5.76. The third-order valence-corrected chi connectivity index (χ3v) is 5.54. The first-order valence-corrected chi connectivity index (χ1v) is 9.95. The standard InChI is InChI=1S/C20H30ClN3O.HI/c1-3-22-19(24-12-8-18(9-13-24)25-4-2)23-15-20(10-11-20)16-6-5-7-17(21)14-16;/h5-7,14,18H,3-4,8-13,15H2,1-2H3,(H,22,23);1H. The van der Waals surface area contributed by atoms with Gasteiger partial charge in [-0.05, 0) is 57.2 Å². The molecule has 1 N–H and O–H groups in total. The fourth-order valence-electron chi connectivity index (χ4n) is 3.63. The molecule has 2 aliphatic rings. The molecule has 4 nitrogen and oxygen atoms in total. The van der Waals surface area contributed by atoms with E-state index < -0.39 is 0 Å². The van der Waals surface area contributed by atoms with E-state index >= 15 is 0 Å². The quantitative estimate of drug-likeness (QED) is 0.363. The van der Waals surface area contributed by atoms with E-state index in [1.165, 1.54) is 18.4 Å². The number of nitrogens with zero attached hydrogens (tertiary/aromatic N) is 2. The van der Waals surface area contributed by atoms with Crippen LogP contribution in [0.25, 0.3) is 0 Å². The highest BCUT2D eigenvalue weighted by atomic mass is 127. The average molecular weight is 492 g/mol. The van der Waals surface area contributed by atoms with Crippen molar-refractivity contribution in [1.29, 1.82) is 0 Å². The Labute approximate surface area is 179 Å². The Morgan fingerprint density at radius 1 is 1.31 bits per heavy atom. The maximum Gasteiger partial charge on any atom is 0.193 e. The summed E-state index contributed by atoms with van der Waals surface area (Å²) in [6.45, 7) is 8.77. The maximum absolute atomic E-state index is 6.18. The Morgan fingerprint density at radius 3 is 2.62 bits per heavy atom. The minimum atomic E-state index is 0. The zero-order chi connectivity index (χ0) is 17.7. The summed E-state index contributed by atoms with van der Waals surface area (Å²) in [4.78, 5) is 7.38. The summed E-state index contributed by atoms with van der Waals surface area (Å²) in [5.41, 5.74) is 1.52. The van der Waals surface area contributed by atoms with Crippen molar-refractivity contribution in [2.45, 2.75) is 51.0 Å². The Hall–Kier alpha value is -0.530. The summed E-state index contributed by atoms with van der Waals surface area (Å²) in [7, 11) is 0. The molecule has 26 heavy (non-hydrogen) atoms. The maximum atomic E-state index is 6.18. The number of hydrogen-bond acceptors (Lipinski definition) is 2. The lowest BCUT2D eigenvalue weighted by atomic mass is 9.96. The predicted molar refractivity (Wildman–Crippen MR) is 120 cm³/mol. The lowest BCUT2D eigenvalue weighted by Crippen LogP contribution is -2.47. The molecule has 0 aromatic heterocycles. The highest BCUT2D eigenvalue weighted by Crippen LogP contribution is 2.48. The van der Waals surface area contributed by atoms with Gasteiger partial charge >= 0.3 is 0 Å². The van der Waals surface area contributed by atoms with Crippen LogP contribution in [-0.2, 0) is 10.2 Å². The van der Waals surface area contributed by atoms with E-state index in [1.807, 2.05) is 12.1 Å². The van der Waals surface area contributed by atoms with E-state index in [-0.39, 0.29) is 29.4 Å². The first-order chi connectivity index (χ1) is 12.2. The Kier molecular flexibility index (Phi) is 8.48. The van der Waals surface area contributed by atoms with Gasteiger partial charge in [-0.15, -0.1) is 24.0 Å². The number of rotatable bonds is 6. The topological polar surface area (TPSA) is 36.9 Å². The van der Waals surface area contributed by atoms with Crippen molar-refractivity contribution in [2.75, 3.05) is 32.8 Å². The molecule has 1 aromatic rings. The highest BCUT2D eigenvalue weighted by molar-refractivity contribution is 14.0. The van der Waals surface area contributed by atoms with E-state index in [1.54, 1.807) is 0 Å². The molecule has 1 heterocycles. The molecule has 1 saturated heterocycles. The molecule has 0 amide bonds. The first kappa shape index (κ1) is 21.8. The molecular weight excluding hydrogens is 461 g/mol. The zero-order valence-corrected chi connectivity index (χ0v) is 18.9. The first-order valence-electron chi connectivity index (χ1n) is 9.58. The van der Waals surface area contributed by atoms with Crippen molar-refractivity contribution in [2.24, 2.45) is 4.99 Å². The Balaban J connectivity index is 0.00000243. The Bertz CT molecular complexity index is 598. The van der Waals surface area contributed by atoms with Gasteiger partial charge in [0.05, 0.1) is 12.6 Å². The summed E-state index contributed by atoms with van der Waals surface area (Å²) in [6, 6.07) is 8.28. The van der Waals surface area contributed by atoms with Crippen molar-refractivity contribution in [3.63, 3.8) is 0 Å². The van der Waals surface area contributed by atoms with Crippen LogP contribution in [-0.4, -0.2) is 49.7 Å². The van der Waals surface area contributed by atoms with Crippen molar-refractivity contribution in [3.8, 4) is 0 Å². The van der Waals surface area contributed by atoms with E-state index in [0.717, 1.165) is 56.6 Å². The number of aliphatic imine (C=N–C) groups is 1. The molecule has 1 aromatic carbocycles. The molecule has 0 atom stereocenters. The number of likely N-dealkylation sites (tertiary alicyclic amines) is 1. The van der Waals surface area contributed by atoms with Crippen LogP contribution >= 0.6 is 35.6 Å². The molecule has 2 fully saturated rings. The average Bonchev–Trinajstić information content (AvgIpc) is 3.41. The molecule has 0 radical (unpaired) electrons. The van der Waals surface area contributed by atoms with Crippen LogP contribution in [0.2, 0.25) is 5.02 Å². The zero-order valence-electron chi connectivity index (χ0n) is 15.8. The van der Waals surface area contributed by atoms with Crippen LogP contribution in [0.15, 0.2) is 29.3 Å². The lowest BCUT2D eigenvalue weighted by Gasteiger charge is -2.34. The molecule has 1 saturated carbocycles. The highest BCUT2D eigenvalue weighted by Gasteiger charge is 2.44. The molecule has 1 aliphatic heterocycles. The monoisotopic (exact) mass is 491 g/mol. The van der Waals surface area contributed by atoms with Gasteiger partial charge in [0.15, 0.2) is 5.96 Å². The second-order valence-corrected chi connectivity index (χ2v) is 7.54. The molecule has 146 valence electrons. The minimum Gasteiger partial charge on any atom is -0.378 e. The number of halogens is 2. The third-order valence-electron chi connectivity index (χ3n) is 5.30. The fraction of sp³-hybridized carbons (Fsp3) is 0.650. The summed E-state index contributed by atoms with van der Waals surface area (Å²) >= 11 is 6.18. The smallest absolute Gasteiger partial charge is 0.193 e. The molecule has 0 unspecified atom stereocenters. The fourth-order valence-corrected chi connectivity index (χ4v) is 3.82. The largest absolute Gasteiger partial charge is 0.378 e. The normalized spacial score (nSPS) is 19.8. The van der Waals surface area contributed by atoms with E-state index in [9.17, 15) is 0 Å². The number of ether oxygens (including phenoxy) is 1. The van der Waals surface area contributed by atoms with Gasteiger partial charge < -0.3 is 15.0 Å². The van der Waals surface area contributed by atoms with Gasteiger partial charge in [0.1, 0.15) is 0 Å². The van der Waals surface area contributed by atoms with Gasteiger partial charge in [-0.1, -0.05) is 23.7 Å². The number of guanidine groups is 1. The van der Waals surface area contributed by atoms with Crippen LogP contribution in [0.3, 0.4) is 0 Å². The van der Waals surface area contributed by atoms with Gasteiger partial charge in [-0.2, -0.15) is 0 Å². The van der Waals surface area contributed by atoms with Crippen LogP contribution < -0.4 is 5.32 Å². The van der Waals surface area contributed by atoms with Gasteiger partial charge in [0.25, 0.3) is 0 Å². The van der Waals surface area contributed by atoms with Crippen LogP contribution in [0.5, 0.6) is 0 Å². The molecule has 1 aliphatic carbocycles. The van der Waals surface area contributed by atoms with E-state index in [4.69, 9.17) is 21.3 Å². The van der Waals surface area contributed by atoms with Gasteiger partial charge in [-0.25, -0.2) is 0 Å². The van der Waals surface area contributed by atoms with Crippen LogP contribution in [0.1, 0.15) is 45.1 Å². The molecule has 0 spiro atoms. The van der Waals surface area contributed by atoms with Crippen molar-refractivity contribution >= 4 is 41.5 Å². The summed E-state index contributed by atoms with van der Waals surface area (Å²) in [5.74, 6) is 1.05. The van der Waals surface area contributed by atoms with Crippen LogP contribution in [0.4, 0.5) is 0 Å². The second kappa shape index (κ2) is 10.1. The minimum absolute atomic E-state index is 0. The number of piperidine rings is 1.